The molecule has 1 aliphatic heterocycles. The van der Waals surface area contributed by atoms with Crippen LogP contribution in [0.4, 0.5) is 4.39 Å². The Labute approximate surface area is 139 Å². The van der Waals surface area contributed by atoms with Crippen molar-refractivity contribution in [3.05, 3.63) is 52.7 Å². The lowest BCUT2D eigenvalue weighted by atomic mass is 10.1. The number of morpholine rings is 1. The lowest BCUT2D eigenvalue weighted by molar-refractivity contribution is -0.0335. The molecule has 3 rings (SSSR count). The highest BCUT2D eigenvalue weighted by atomic mass is 35.5. The number of nitrogens with zero attached hydrogens (tertiary/aromatic N) is 3. The Morgan fingerprint density at radius 2 is 2.22 bits per heavy atom. The summed E-state index contributed by atoms with van der Waals surface area (Å²) >= 11 is 6.14. The highest BCUT2D eigenvalue weighted by Gasteiger charge is 2.25. The van der Waals surface area contributed by atoms with Crippen LogP contribution in [0, 0.1) is 5.82 Å². The van der Waals surface area contributed by atoms with Gasteiger partial charge in [0.1, 0.15) is 11.5 Å². The first kappa shape index (κ1) is 16.1. The molecular formula is C16H17ClFN3O2. The number of hydrogen-bond donors (Lipinski definition) is 0. The molecule has 1 aromatic heterocycles. The molecule has 2 aromatic rings. The van der Waals surface area contributed by atoms with E-state index in [1.165, 1.54) is 12.1 Å². The van der Waals surface area contributed by atoms with Crippen molar-refractivity contribution in [3.63, 3.8) is 0 Å². The van der Waals surface area contributed by atoms with Crippen LogP contribution in [0.15, 0.2) is 30.6 Å². The minimum Gasteiger partial charge on any atom is -0.480 e. The van der Waals surface area contributed by atoms with Gasteiger partial charge in [-0.3, -0.25) is 9.88 Å². The van der Waals surface area contributed by atoms with Gasteiger partial charge in [0, 0.05) is 42.6 Å². The molecule has 0 bridgehead atoms. The van der Waals surface area contributed by atoms with Gasteiger partial charge in [-0.2, -0.15) is 0 Å². The smallest absolute Gasteiger partial charge is 0.236 e. The maximum Gasteiger partial charge on any atom is 0.236 e. The molecule has 0 aliphatic carbocycles. The van der Waals surface area contributed by atoms with Crippen molar-refractivity contribution in [2.24, 2.45) is 0 Å². The van der Waals surface area contributed by atoms with Crippen LogP contribution in [0.5, 0.6) is 5.88 Å². The fourth-order valence-corrected chi connectivity index (χ4v) is 2.93. The van der Waals surface area contributed by atoms with Crippen molar-refractivity contribution >= 4 is 11.6 Å². The van der Waals surface area contributed by atoms with Gasteiger partial charge >= 0.3 is 0 Å². The van der Waals surface area contributed by atoms with Gasteiger partial charge in [0.2, 0.25) is 5.88 Å². The monoisotopic (exact) mass is 337 g/mol. The van der Waals surface area contributed by atoms with Gasteiger partial charge in [0.05, 0.1) is 19.8 Å². The van der Waals surface area contributed by atoms with E-state index in [-0.39, 0.29) is 11.9 Å². The number of hydrogen-bond acceptors (Lipinski definition) is 5. The lowest BCUT2D eigenvalue weighted by Crippen LogP contribution is -2.38. The predicted molar refractivity (Wildman–Crippen MR) is 84.0 cm³/mol. The molecule has 0 saturated carbocycles. The van der Waals surface area contributed by atoms with Crippen LogP contribution >= 0.6 is 11.6 Å². The van der Waals surface area contributed by atoms with Crippen molar-refractivity contribution in [1.29, 1.82) is 0 Å². The zero-order valence-electron chi connectivity index (χ0n) is 12.7. The third-order valence-electron chi connectivity index (χ3n) is 3.76. The van der Waals surface area contributed by atoms with Crippen LogP contribution in [-0.4, -0.2) is 41.7 Å². The second kappa shape index (κ2) is 7.21. The topological polar surface area (TPSA) is 47.5 Å². The van der Waals surface area contributed by atoms with Gasteiger partial charge < -0.3 is 9.47 Å². The summed E-state index contributed by atoms with van der Waals surface area (Å²) in [5, 5.41) is 0.383. The van der Waals surface area contributed by atoms with Crippen molar-refractivity contribution < 1.29 is 13.9 Å². The molecule has 0 radical (unpaired) electrons. The van der Waals surface area contributed by atoms with E-state index in [0.29, 0.717) is 30.6 Å². The second-order valence-corrected chi connectivity index (χ2v) is 5.68. The van der Waals surface area contributed by atoms with Gasteiger partial charge in [-0.15, -0.1) is 0 Å². The number of rotatable bonds is 4. The molecule has 0 spiro atoms. The minimum atomic E-state index is -0.351. The van der Waals surface area contributed by atoms with Crippen molar-refractivity contribution in [1.82, 2.24) is 14.9 Å². The maximum absolute atomic E-state index is 13.2. The quantitative estimate of drug-likeness (QED) is 0.858. The zero-order valence-corrected chi connectivity index (χ0v) is 13.5. The van der Waals surface area contributed by atoms with E-state index >= 15 is 0 Å². The zero-order chi connectivity index (χ0) is 16.2. The van der Waals surface area contributed by atoms with Gasteiger partial charge in [-0.05, 0) is 12.1 Å². The third kappa shape index (κ3) is 3.77. The third-order valence-corrected chi connectivity index (χ3v) is 4.09. The highest BCUT2D eigenvalue weighted by molar-refractivity contribution is 6.31. The van der Waals surface area contributed by atoms with E-state index in [1.54, 1.807) is 25.6 Å². The minimum absolute atomic E-state index is 0.195. The van der Waals surface area contributed by atoms with Crippen LogP contribution in [-0.2, 0) is 11.3 Å². The van der Waals surface area contributed by atoms with E-state index in [0.717, 1.165) is 17.8 Å². The predicted octanol–water partition coefficient (Wildman–Crippen LogP) is 2.85. The summed E-state index contributed by atoms with van der Waals surface area (Å²) in [7, 11) is 1.58. The van der Waals surface area contributed by atoms with Crippen LogP contribution in [0.3, 0.4) is 0 Å². The van der Waals surface area contributed by atoms with Crippen molar-refractivity contribution in [2.75, 3.05) is 26.8 Å². The molecule has 122 valence electrons. The molecule has 7 heteroatoms. The highest BCUT2D eigenvalue weighted by Crippen LogP contribution is 2.29. The second-order valence-electron chi connectivity index (χ2n) is 5.27. The van der Waals surface area contributed by atoms with Crippen LogP contribution in [0.1, 0.15) is 17.4 Å². The first-order valence-electron chi connectivity index (χ1n) is 7.30. The maximum atomic E-state index is 13.2. The van der Waals surface area contributed by atoms with Crippen LogP contribution < -0.4 is 4.74 Å². The molecular weight excluding hydrogens is 321 g/mol. The average molecular weight is 338 g/mol. The van der Waals surface area contributed by atoms with Crippen molar-refractivity contribution in [2.45, 2.75) is 12.6 Å². The van der Waals surface area contributed by atoms with E-state index in [4.69, 9.17) is 21.1 Å². The Morgan fingerprint density at radius 1 is 1.39 bits per heavy atom. The first-order valence-corrected chi connectivity index (χ1v) is 7.68. The van der Waals surface area contributed by atoms with E-state index in [2.05, 4.69) is 14.9 Å². The molecule has 2 heterocycles. The molecule has 1 fully saturated rings. The molecule has 1 aliphatic rings. The summed E-state index contributed by atoms with van der Waals surface area (Å²) in [4.78, 5) is 10.7. The summed E-state index contributed by atoms with van der Waals surface area (Å²) in [6.45, 7) is 2.59. The van der Waals surface area contributed by atoms with E-state index < -0.39 is 0 Å². The van der Waals surface area contributed by atoms with E-state index in [9.17, 15) is 4.39 Å². The number of aromatic nitrogens is 2. The van der Waals surface area contributed by atoms with Crippen LogP contribution in [0.25, 0.3) is 0 Å². The normalized spacial score (nSPS) is 18.8. The Kier molecular flexibility index (Phi) is 5.05. The van der Waals surface area contributed by atoms with E-state index in [1.807, 2.05) is 0 Å². The Bertz CT molecular complexity index is 686. The molecule has 1 atom stereocenters. The molecule has 23 heavy (non-hydrogen) atoms. The Hall–Kier alpha value is -1.76. The summed E-state index contributed by atoms with van der Waals surface area (Å²) in [6, 6.07) is 4.38. The fourth-order valence-electron chi connectivity index (χ4n) is 2.64. The summed E-state index contributed by atoms with van der Waals surface area (Å²) < 4.78 is 24.2. The standard InChI is InChI=1S/C16H17ClFN3O2/c1-22-16-14(19-4-5-20-16)9-21-6-7-23-15(10-21)12-3-2-11(18)8-13(12)17/h2-5,8,15H,6-7,9-10H2,1H3. The summed E-state index contributed by atoms with van der Waals surface area (Å²) in [5.74, 6) is 0.172. The molecule has 0 amide bonds. The number of ether oxygens (including phenoxy) is 2. The Balaban J connectivity index is 1.73. The van der Waals surface area contributed by atoms with Gasteiger partial charge in [-0.25, -0.2) is 9.37 Å². The van der Waals surface area contributed by atoms with Crippen molar-refractivity contribution in [3.8, 4) is 5.88 Å². The average Bonchev–Trinajstić information content (AvgIpc) is 2.55. The lowest BCUT2D eigenvalue weighted by Gasteiger charge is -2.33. The van der Waals surface area contributed by atoms with Gasteiger partial charge in [-0.1, -0.05) is 17.7 Å². The Morgan fingerprint density at radius 3 is 3.00 bits per heavy atom. The molecule has 5 nitrogen and oxygen atoms in total. The molecule has 1 saturated heterocycles. The summed E-state index contributed by atoms with van der Waals surface area (Å²) in [6.07, 6.45) is 3.05. The number of halogens is 2. The largest absolute Gasteiger partial charge is 0.480 e. The van der Waals surface area contributed by atoms with Crippen LogP contribution in [0.2, 0.25) is 5.02 Å². The number of benzene rings is 1. The molecule has 1 aromatic carbocycles. The molecule has 1 unspecified atom stereocenters. The molecule has 0 N–H and O–H groups in total. The van der Waals surface area contributed by atoms with Gasteiger partial charge in [0.25, 0.3) is 0 Å². The van der Waals surface area contributed by atoms with Gasteiger partial charge in [0.15, 0.2) is 0 Å². The number of methoxy groups -OCH3 is 1. The fraction of sp³-hybridized carbons (Fsp3) is 0.375. The SMILES string of the molecule is COc1nccnc1CN1CCOC(c2ccc(F)cc2Cl)C1. The summed E-state index contributed by atoms with van der Waals surface area (Å²) in [5.41, 5.74) is 1.57. The first-order chi connectivity index (χ1) is 11.2.